The van der Waals surface area contributed by atoms with E-state index >= 15 is 0 Å². The lowest BCUT2D eigenvalue weighted by Crippen LogP contribution is -2.11. The van der Waals surface area contributed by atoms with E-state index in [1.165, 1.54) is 28.2 Å². The highest BCUT2D eigenvalue weighted by molar-refractivity contribution is 7.23. The first-order chi connectivity index (χ1) is 12.5. The molecule has 5 nitrogen and oxygen atoms in total. The highest BCUT2D eigenvalue weighted by Gasteiger charge is 2.20. The van der Waals surface area contributed by atoms with Crippen molar-refractivity contribution in [3.63, 3.8) is 0 Å². The van der Waals surface area contributed by atoms with E-state index in [1.807, 2.05) is 39.8 Å². The Balaban J connectivity index is 1.71. The minimum atomic E-state index is -0.140. The van der Waals surface area contributed by atoms with Crippen LogP contribution in [0.4, 0.5) is 5.13 Å². The van der Waals surface area contributed by atoms with Crippen LogP contribution in [0.15, 0.2) is 18.2 Å². The van der Waals surface area contributed by atoms with Crippen LogP contribution >= 0.6 is 22.7 Å². The van der Waals surface area contributed by atoms with Gasteiger partial charge in [0.15, 0.2) is 5.13 Å². The normalized spacial score (nSPS) is 11.4. The molecule has 0 aliphatic rings. The Labute approximate surface area is 159 Å². The number of carbonyl (C=O) groups excluding carboxylic acids is 1. The van der Waals surface area contributed by atoms with Gasteiger partial charge in [0.1, 0.15) is 10.7 Å². The summed E-state index contributed by atoms with van der Waals surface area (Å²) < 4.78 is 1.07. The van der Waals surface area contributed by atoms with Crippen molar-refractivity contribution in [2.24, 2.45) is 0 Å². The average Bonchev–Trinajstić information content (AvgIpc) is 3.14. The number of nitrogens with zero attached hydrogens (tertiary/aromatic N) is 3. The zero-order valence-electron chi connectivity index (χ0n) is 15.0. The van der Waals surface area contributed by atoms with Crippen LogP contribution in [-0.4, -0.2) is 20.9 Å². The monoisotopic (exact) mass is 382 g/mol. The largest absolute Gasteiger partial charge is 0.297 e. The van der Waals surface area contributed by atoms with Crippen molar-refractivity contribution in [3.8, 4) is 0 Å². The van der Waals surface area contributed by atoms with Crippen molar-refractivity contribution in [1.82, 2.24) is 15.0 Å². The van der Waals surface area contributed by atoms with Crippen LogP contribution in [0, 0.1) is 20.8 Å². The molecule has 0 aliphatic heterocycles. The Kier molecular flexibility index (Phi) is 4.20. The molecule has 0 spiro atoms. The summed E-state index contributed by atoms with van der Waals surface area (Å²) in [6.45, 7) is 8.01. The van der Waals surface area contributed by atoms with E-state index in [0.717, 1.165) is 43.9 Å². The zero-order valence-corrected chi connectivity index (χ0v) is 16.6. The van der Waals surface area contributed by atoms with Crippen LogP contribution in [0.5, 0.6) is 0 Å². The third kappa shape index (κ3) is 2.87. The molecule has 132 valence electrons. The van der Waals surface area contributed by atoms with Gasteiger partial charge in [0, 0.05) is 17.5 Å². The summed E-state index contributed by atoms with van der Waals surface area (Å²) in [4.78, 5) is 28.0. The first kappa shape index (κ1) is 17.1. The summed E-state index contributed by atoms with van der Waals surface area (Å²) in [7, 11) is 0. The Morgan fingerprint density at radius 2 is 1.92 bits per heavy atom. The van der Waals surface area contributed by atoms with Crippen molar-refractivity contribution >= 4 is 54.1 Å². The van der Waals surface area contributed by atoms with E-state index in [4.69, 9.17) is 0 Å². The van der Waals surface area contributed by atoms with Gasteiger partial charge < -0.3 is 0 Å². The minimum Gasteiger partial charge on any atom is -0.297 e. The van der Waals surface area contributed by atoms with E-state index in [9.17, 15) is 4.79 Å². The average molecular weight is 383 g/mol. The maximum Gasteiger partial charge on any atom is 0.267 e. The molecule has 3 heterocycles. The first-order valence-corrected chi connectivity index (χ1v) is 10.0. The fraction of sp³-hybridized carbons (Fsp3) is 0.263. The lowest BCUT2D eigenvalue weighted by atomic mass is 10.1. The molecule has 0 unspecified atom stereocenters. The second-order valence-electron chi connectivity index (χ2n) is 6.26. The molecule has 0 radical (unpaired) electrons. The number of aromatic nitrogens is 3. The van der Waals surface area contributed by atoms with Crippen LogP contribution in [0.1, 0.15) is 39.2 Å². The standard InChI is InChI=1S/C19H18N4OS2/c1-5-14-20-11(4)15-10(3)16(26-18(15)22-14)17(24)23-19-21-12-7-6-9(2)8-13(12)25-19/h6-8H,5H2,1-4H3,(H,21,23,24). The highest BCUT2D eigenvalue weighted by Crippen LogP contribution is 2.33. The number of thiophene rings is 1. The van der Waals surface area contributed by atoms with Crippen LogP contribution < -0.4 is 5.32 Å². The number of hydrogen-bond donors (Lipinski definition) is 1. The second kappa shape index (κ2) is 6.41. The van der Waals surface area contributed by atoms with Gasteiger partial charge in [0.05, 0.1) is 15.1 Å². The highest BCUT2D eigenvalue weighted by atomic mass is 32.1. The number of aryl methyl sites for hydroxylation is 4. The van der Waals surface area contributed by atoms with E-state index < -0.39 is 0 Å². The van der Waals surface area contributed by atoms with Crippen LogP contribution in [-0.2, 0) is 6.42 Å². The van der Waals surface area contributed by atoms with Gasteiger partial charge in [0.2, 0.25) is 0 Å². The molecule has 1 aromatic carbocycles. The van der Waals surface area contributed by atoms with Crippen molar-refractivity contribution in [1.29, 1.82) is 0 Å². The molecule has 0 saturated carbocycles. The second-order valence-corrected chi connectivity index (χ2v) is 8.29. The van der Waals surface area contributed by atoms with Gasteiger partial charge >= 0.3 is 0 Å². The van der Waals surface area contributed by atoms with Gasteiger partial charge in [0.25, 0.3) is 5.91 Å². The molecule has 4 aromatic rings. The Morgan fingerprint density at radius 1 is 1.12 bits per heavy atom. The number of anilines is 1. The van der Waals surface area contributed by atoms with E-state index in [-0.39, 0.29) is 5.91 Å². The smallest absolute Gasteiger partial charge is 0.267 e. The first-order valence-electron chi connectivity index (χ1n) is 8.41. The molecule has 7 heteroatoms. The van der Waals surface area contributed by atoms with Crippen molar-refractivity contribution in [2.45, 2.75) is 34.1 Å². The molecule has 3 aromatic heterocycles. The number of thiazole rings is 1. The Bertz CT molecular complexity index is 1160. The molecule has 4 rings (SSSR count). The maximum absolute atomic E-state index is 12.8. The predicted octanol–water partition coefficient (Wildman–Crippen LogP) is 5.04. The summed E-state index contributed by atoms with van der Waals surface area (Å²) in [6, 6.07) is 6.09. The SMILES string of the molecule is CCc1nc(C)c2c(C)c(C(=O)Nc3nc4ccc(C)cc4s3)sc2n1. The molecule has 0 saturated heterocycles. The fourth-order valence-corrected chi connectivity index (χ4v) is 5.11. The predicted molar refractivity (Wildman–Crippen MR) is 109 cm³/mol. The Morgan fingerprint density at radius 3 is 2.69 bits per heavy atom. The van der Waals surface area contributed by atoms with Crippen molar-refractivity contribution < 1.29 is 4.79 Å². The topological polar surface area (TPSA) is 67.8 Å². The number of nitrogens with one attached hydrogen (secondary N) is 1. The van der Waals surface area contributed by atoms with Crippen molar-refractivity contribution in [2.75, 3.05) is 5.32 Å². The van der Waals surface area contributed by atoms with E-state index in [0.29, 0.717) is 10.0 Å². The number of benzene rings is 1. The van der Waals surface area contributed by atoms with Crippen LogP contribution in [0.3, 0.4) is 0 Å². The number of fused-ring (bicyclic) bond motifs is 2. The number of amides is 1. The van der Waals surface area contributed by atoms with Gasteiger partial charge in [-0.05, 0) is 44.0 Å². The lowest BCUT2D eigenvalue weighted by Gasteiger charge is -2.01. The van der Waals surface area contributed by atoms with Crippen LogP contribution in [0.2, 0.25) is 0 Å². The quantitative estimate of drug-likeness (QED) is 0.539. The molecule has 0 bridgehead atoms. The van der Waals surface area contributed by atoms with Gasteiger partial charge in [-0.2, -0.15) is 0 Å². The van der Waals surface area contributed by atoms with E-state index in [1.54, 1.807) is 0 Å². The fourth-order valence-electron chi connectivity index (χ4n) is 3.01. The third-order valence-electron chi connectivity index (χ3n) is 4.30. The number of hydrogen-bond acceptors (Lipinski definition) is 6. The molecule has 1 N–H and O–H groups in total. The molecule has 0 fully saturated rings. The molecule has 26 heavy (non-hydrogen) atoms. The third-order valence-corrected chi connectivity index (χ3v) is 6.42. The molecule has 0 atom stereocenters. The summed E-state index contributed by atoms with van der Waals surface area (Å²) in [5.74, 6) is 0.670. The maximum atomic E-state index is 12.8. The zero-order chi connectivity index (χ0) is 18.4. The number of rotatable bonds is 3. The van der Waals surface area contributed by atoms with E-state index in [2.05, 4.69) is 26.3 Å². The summed E-state index contributed by atoms with van der Waals surface area (Å²) >= 11 is 2.91. The van der Waals surface area contributed by atoms with Crippen LogP contribution in [0.25, 0.3) is 20.4 Å². The summed E-state index contributed by atoms with van der Waals surface area (Å²) in [5.41, 5.74) is 3.94. The Hall–Kier alpha value is -2.38. The van der Waals surface area contributed by atoms with Crippen molar-refractivity contribution in [3.05, 3.63) is 45.7 Å². The summed E-state index contributed by atoms with van der Waals surface area (Å²) in [6.07, 6.45) is 0.778. The molecule has 0 aliphatic carbocycles. The minimum absolute atomic E-state index is 0.140. The number of carbonyl (C=O) groups is 1. The van der Waals surface area contributed by atoms with Gasteiger partial charge in [-0.3, -0.25) is 10.1 Å². The molecular formula is C19H18N4OS2. The summed E-state index contributed by atoms with van der Waals surface area (Å²) in [5, 5.41) is 4.55. The molecule has 1 amide bonds. The van der Waals surface area contributed by atoms with Gasteiger partial charge in [-0.1, -0.05) is 24.3 Å². The lowest BCUT2D eigenvalue weighted by molar-refractivity contribution is 0.103. The van der Waals surface area contributed by atoms with Gasteiger partial charge in [-0.25, -0.2) is 15.0 Å². The molecular weight excluding hydrogens is 364 g/mol. The van der Waals surface area contributed by atoms with Gasteiger partial charge in [-0.15, -0.1) is 11.3 Å².